The van der Waals surface area contributed by atoms with Crippen molar-refractivity contribution in [1.82, 2.24) is 15.2 Å². The molecule has 0 aliphatic rings. The van der Waals surface area contributed by atoms with Gasteiger partial charge in [0.05, 0.1) is 5.56 Å². The molecule has 0 saturated carbocycles. The Hall–Kier alpha value is -2.61. The van der Waals surface area contributed by atoms with Crippen molar-refractivity contribution >= 4 is 11.6 Å². The monoisotopic (exact) mass is 383 g/mol. The molecule has 0 spiro atoms. The number of rotatable bonds is 5. The van der Waals surface area contributed by atoms with Crippen molar-refractivity contribution in [2.24, 2.45) is 0 Å². The maximum atomic E-state index is 12.6. The van der Waals surface area contributed by atoms with Crippen LogP contribution in [-0.4, -0.2) is 15.2 Å². The van der Waals surface area contributed by atoms with Crippen LogP contribution in [0.25, 0.3) is 11.5 Å². The Bertz CT molecular complexity index is 895. The van der Waals surface area contributed by atoms with Crippen LogP contribution in [0.3, 0.4) is 0 Å². The van der Waals surface area contributed by atoms with Crippen LogP contribution in [0.5, 0.6) is 5.88 Å². The molecule has 0 amide bonds. The Morgan fingerprint density at radius 3 is 2.50 bits per heavy atom. The number of aryl methyl sites for hydroxylation is 1. The van der Waals surface area contributed by atoms with E-state index in [0.29, 0.717) is 12.1 Å². The molecule has 0 unspecified atom stereocenters. The highest BCUT2D eigenvalue weighted by molar-refractivity contribution is 6.31. The summed E-state index contributed by atoms with van der Waals surface area (Å²) in [5.74, 6) is 0.321. The number of pyridine rings is 1. The number of hydrogen-bond acceptors (Lipinski definition) is 5. The summed E-state index contributed by atoms with van der Waals surface area (Å²) in [6.45, 7) is 1.88. The van der Waals surface area contributed by atoms with Gasteiger partial charge in [0.1, 0.15) is 5.02 Å². The van der Waals surface area contributed by atoms with Crippen molar-refractivity contribution in [3.63, 3.8) is 0 Å². The molecule has 2 heterocycles. The van der Waals surface area contributed by atoms with E-state index in [9.17, 15) is 13.2 Å². The lowest BCUT2D eigenvalue weighted by molar-refractivity contribution is -0.137. The number of hydrogen-bond donors (Lipinski definition) is 0. The van der Waals surface area contributed by atoms with Gasteiger partial charge in [0.2, 0.25) is 11.8 Å². The number of alkyl halides is 3. The predicted molar refractivity (Wildman–Crippen MR) is 87.7 cm³/mol. The Labute approximate surface area is 151 Å². The minimum Gasteiger partial charge on any atom is -0.467 e. The first-order valence-corrected chi connectivity index (χ1v) is 8.02. The highest BCUT2D eigenvalue weighted by Gasteiger charge is 2.31. The smallest absolute Gasteiger partial charge is 0.417 e. The van der Waals surface area contributed by atoms with E-state index < -0.39 is 11.7 Å². The highest BCUT2D eigenvalue weighted by Crippen LogP contribution is 2.33. The third-order valence-electron chi connectivity index (χ3n) is 3.54. The average Bonchev–Trinajstić information content (AvgIpc) is 3.09. The fourth-order valence-electron chi connectivity index (χ4n) is 2.13. The third-order valence-corrected chi connectivity index (χ3v) is 3.81. The molecule has 0 atom stereocenters. The largest absolute Gasteiger partial charge is 0.467 e. The normalized spacial score (nSPS) is 11.6. The van der Waals surface area contributed by atoms with Crippen LogP contribution in [-0.2, 0) is 19.2 Å². The first-order valence-electron chi connectivity index (χ1n) is 7.64. The summed E-state index contributed by atoms with van der Waals surface area (Å²) in [6, 6.07) is 8.40. The van der Waals surface area contributed by atoms with E-state index in [2.05, 4.69) is 22.1 Å². The first-order chi connectivity index (χ1) is 12.4. The second-order valence-electron chi connectivity index (χ2n) is 5.35. The SMILES string of the molecule is CCc1ccc(-c2nnc(COc3ncc(C(F)(F)F)cc3Cl)o2)cc1. The number of nitrogens with zero attached hydrogens (tertiary/aromatic N) is 3. The first kappa shape index (κ1) is 18.2. The second kappa shape index (κ2) is 7.33. The Kier molecular flexibility index (Phi) is 5.13. The van der Waals surface area contributed by atoms with Gasteiger partial charge in [-0.15, -0.1) is 10.2 Å². The molecule has 3 aromatic rings. The molecule has 26 heavy (non-hydrogen) atoms. The van der Waals surface area contributed by atoms with Gasteiger partial charge in [-0.1, -0.05) is 30.7 Å². The lowest BCUT2D eigenvalue weighted by Crippen LogP contribution is -2.06. The zero-order chi connectivity index (χ0) is 18.7. The zero-order valence-corrected chi connectivity index (χ0v) is 14.3. The van der Waals surface area contributed by atoms with Gasteiger partial charge in [0.25, 0.3) is 5.89 Å². The lowest BCUT2D eigenvalue weighted by Gasteiger charge is -2.09. The van der Waals surface area contributed by atoms with E-state index in [1.807, 2.05) is 24.3 Å². The van der Waals surface area contributed by atoms with Gasteiger partial charge in [-0.2, -0.15) is 13.2 Å². The van der Waals surface area contributed by atoms with Crippen molar-refractivity contribution in [2.45, 2.75) is 26.1 Å². The van der Waals surface area contributed by atoms with E-state index in [-0.39, 0.29) is 23.4 Å². The van der Waals surface area contributed by atoms with Crippen molar-refractivity contribution in [2.75, 3.05) is 0 Å². The fourth-order valence-corrected chi connectivity index (χ4v) is 2.35. The Morgan fingerprint density at radius 1 is 1.15 bits per heavy atom. The third kappa shape index (κ3) is 4.13. The molecule has 0 radical (unpaired) electrons. The van der Waals surface area contributed by atoms with Gasteiger partial charge in [0.15, 0.2) is 6.61 Å². The van der Waals surface area contributed by atoms with Crippen molar-refractivity contribution in [3.05, 3.63) is 58.6 Å². The van der Waals surface area contributed by atoms with Crippen LogP contribution in [0.15, 0.2) is 40.9 Å². The van der Waals surface area contributed by atoms with Crippen LogP contribution in [0, 0.1) is 0 Å². The maximum Gasteiger partial charge on any atom is 0.417 e. The van der Waals surface area contributed by atoms with Crippen LogP contribution in [0.2, 0.25) is 5.02 Å². The molecule has 0 aliphatic carbocycles. The summed E-state index contributed by atoms with van der Waals surface area (Å²) in [7, 11) is 0. The van der Waals surface area contributed by atoms with E-state index in [0.717, 1.165) is 18.1 Å². The van der Waals surface area contributed by atoms with Gasteiger partial charge in [-0.25, -0.2) is 4.98 Å². The molecule has 0 fully saturated rings. The Morgan fingerprint density at radius 2 is 1.88 bits per heavy atom. The second-order valence-corrected chi connectivity index (χ2v) is 5.76. The maximum absolute atomic E-state index is 12.6. The van der Waals surface area contributed by atoms with Crippen molar-refractivity contribution in [3.8, 4) is 17.3 Å². The zero-order valence-electron chi connectivity index (χ0n) is 13.5. The van der Waals surface area contributed by atoms with Gasteiger partial charge in [-0.3, -0.25) is 0 Å². The van der Waals surface area contributed by atoms with Gasteiger partial charge >= 0.3 is 6.18 Å². The molecule has 3 rings (SSSR count). The van der Waals surface area contributed by atoms with E-state index in [1.165, 1.54) is 5.56 Å². The minimum atomic E-state index is -4.52. The average molecular weight is 384 g/mol. The molecule has 0 aliphatic heterocycles. The summed E-state index contributed by atoms with van der Waals surface area (Å²) in [5, 5.41) is 7.51. The summed E-state index contributed by atoms with van der Waals surface area (Å²) in [6.07, 6.45) is -2.95. The molecular formula is C17H13ClF3N3O2. The summed E-state index contributed by atoms with van der Waals surface area (Å²) in [5.41, 5.74) is 0.983. The van der Waals surface area contributed by atoms with Gasteiger partial charge in [0, 0.05) is 11.8 Å². The highest BCUT2D eigenvalue weighted by atomic mass is 35.5. The predicted octanol–water partition coefficient (Wildman–Crippen LogP) is 4.95. The van der Waals surface area contributed by atoms with Gasteiger partial charge < -0.3 is 9.15 Å². The quantitative estimate of drug-likeness (QED) is 0.624. The van der Waals surface area contributed by atoms with Crippen LogP contribution >= 0.6 is 11.6 Å². The number of halogens is 4. The molecule has 0 N–H and O–H groups in total. The summed E-state index contributed by atoms with van der Waals surface area (Å²) < 4.78 is 48.5. The molecule has 2 aromatic heterocycles. The molecular weight excluding hydrogens is 371 g/mol. The summed E-state index contributed by atoms with van der Waals surface area (Å²) in [4.78, 5) is 3.58. The van der Waals surface area contributed by atoms with E-state index in [4.69, 9.17) is 20.8 Å². The lowest BCUT2D eigenvalue weighted by atomic mass is 10.1. The molecule has 136 valence electrons. The number of benzene rings is 1. The standard InChI is InChI=1S/C17H13ClF3N3O2/c1-2-10-3-5-11(6-4-10)15-24-23-14(26-15)9-25-16-13(18)7-12(8-22-16)17(19,20)21/h3-8H,2,9H2,1H3. The molecule has 0 saturated heterocycles. The minimum absolute atomic E-state index is 0.147. The van der Waals surface area contributed by atoms with Crippen molar-refractivity contribution in [1.29, 1.82) is 0 Å². The van der Waals surface area contributed by atoms with E-state index >= 15 is 0 Å². The summed E-state index contributed by atoms with van der Waals surface area (Å²) >= 11 is 5.78. The fraction of sp³-hybridized carbons (Fsp3) is 0.235. The molecule has 9 heteroatoms. The van der Waals surface area contributed by atoms with Crippen LogP contribution < -0.4 is 4.74 Å². The van der Waals surface area contributed by atoms with Crippen molar-refractivity contribution < 1.29 is 22.3 Å². The van der Waals surface area contributed by atoms with Crippen LogP contribution in [0.1, 0.15) is 23.9 Å². The number of aromatic nitrogens is 3. The Balaban J connectivity index is 1.68. The van der Waals surface area contributed by atoms with Gasteiger partial charge in [-0.05, 0) is 30.2 Å². The van der Waals surface area contributed by atoms with E-state index in [1.54, 1.807) is 0 Å². The molecule has 5 nitrogen and oxygen atoms in total. The topological polar surface area (TPSA) is 61.0 Å². The molecule has 1 aromatic carbocycles. The van der Waals surface area contributed by atoms with Crippen LogP contribution in [0.4, 0.5) is 13.2 Å². The number of ether oxygens (including phenoxy) is 1. The molecule has 0 bridgehead atoms.